The Balaban J connectivity index is 3.29. The maximum Gasteiger partial charge on any atom is 0.292 e. The highest BCUT2D eigenvalue weighted by molar-refractivity contribution is 6.32. The van der Waals surface area contributed by atoms with Gasteiger partial charge in [0.15, 0.2) is 0 Å². The average molecular weight is 184 g/mol. The summed E-state index contributed by atoms with van der Waals surface area (Å²) in [4.78, 5) is 11.2. The number of nitrogens with zero attached hydrogens (tertiary/aromatic N) is 2. The van der Waals surface area contributed by atoms with E-state index in [9.17, 15) is 4.79 Å². The summed E-state index contributed by atoms with van der Waals surface area (Å²) in [5, 5.41) is 3.82. The Bertz CT molecular complexity index is 391. The molecule has 5 heteroatoms. The second-order valence-corrected chi connectivity index (χ2v) is 2.48. The molecule has 0 saturated heterocycles. The van der Waals surface area contributed by atoms with E-state index in [0.29, 0.717) is 0 Å². The lowest BCUT2D eigenvalue weighted by Gasteiger charge is -2.00. The van der Waals surface area contributed by atoms with Crippen molar-refractivity contribution in [3.8, 4) is 12.3 Å². The predicted octanol–water partition coefficient (Wildman–Crippen LogP) is 0.112. The van der Waals surface area contributed by atoms with Crippen molar-refractivity contribution in [3.05, 3.63) is 21.6 Å². The van der Waals surface area contributed by atoms with Crippen molar-refractivity contribution in [2.24, 2.45) is 0 Å². The maximum atomic E-state index is 11.2. The van der Waals surface area contributed by atoms with Crippen molar-refractivity contribution < 1.29 is 0 Å². The SMILES string of the molecule is C#CCn1ncc(Cl)c(N)c1=O. The number of nitrogens with two attached hydrogens (primary N) is 1. The average Bonchev–Trinajstić information content (AvgIpc) is 2.07. The number of aromatic nitrogens is 2. The number of terminal acetylenes is 1. The summed E-state index contributed by atoms with van der Waals surface area (Å²) >= 11 is 5.53. The molecule has 0 aliphatic rings. The number of nitrogen functional groups attached to an aromatic ring is 1. The second kappa shape index (κ2) is 3.28. The van der Waals surface area contributed by atoms with Crippen LogP contribution in [0.1, 0.15) is 0 Å². The van der Waals surface area contributed by atoms with Crippen molar-refractivity contribution in [1.29, 1.82) is 0 Å². The van der Waals surface area contributed by atoms with E-state index in [2.05, 4.69) is 11.0 Å². The van der Waals surface area contributed by atoms with Crippen molar-refractivity contribution in [3.63, 3.8) is 0 Å². The summed E-state index contributed by atoms with van der Waals surface area (Å²) < 4.78 is 1.07. The first-order valence-corrected chi connectivity index (χ1v) is 3.49. The Hall–Kier alpha value is -1.47. The van der Waals surface area contributed by atoms with E-state index < -0.39 is 5.56 Å². The summed E-state index contributed by atoms with van der Waals surface area (Å²) in [6, 6.07) is 0. The van der Waals surface area contributed by atoms with Gasteiger partial charge in [0.05, 0.1) is 11.2 Å². The van der Waals surface area contributed by atoms with E-state index in [1.54, 1.807) is 0 Å². The normalized spacial score (nSPS) is 9.33. The van der Waals surface area contributed by atoms with Crippen LogP contribution in [0.3, 0.4) is 0 Å². The van der Waals surface area contributed by atoms with Gasteiger partial charge in [-0.15, -0.1) is 6.42 Å². The van der Waals surface area contributed by atoms with Gasteiger partial charge in [0.25, 0.3) is 5.56 Å². The minimum absolute atomic E-state index is 0.0260. The fourth-order valence-electron chi connectivity index (χ4n) is 0.683. The first-order valence-electron chi connectivity index (χ1n) is 3.11. The molecule has 0 radical (unpaired) electrons. The maximum absolute atomic E-state index is 11.2. The van der Waals surface area contributed by atoms with Gasteiger partial charge in [-0.05, 0) is 0 Å². The first-order chi connectivity index (χ1) is 5.66. The zero-order valence-electron chi connectivity index (χ0n) is 6.12. The fourth-order valence-corrected chi connectivity index (χ4v) is 0.807. The molecule has 0 aliphatic heterocycles. The van der Waals surface area contributed by atoms with Gasteiger partial charge < -0.3 is 5.73 Å². The molecule has 0 atom stereocenters. The molecule has 0 bridgehead atoms. The van der Waals surface area contributed by atoms with Gasteiger partial charge in [-0.1, -0.05) is 17.5 Å². The molecule has 0 saturated carbocycles. The molecule has 0 amide bonds. The molecule has 0 aliphatic carbocycles. The molecule has 12 heavy (non-hydrogen) atoms. The van der Waals surface area contributed by atoms with E-state index in [4.69, 9.17) is 23.8 Å². The summed E-state index contributed by atoms with van der Waals surface area (Å²) in [6.07, 6.45) is 6.28. The summed E-state index contributed by atoms with van der Waals surface area (Å²) in [5.41, 5.74) is 4.86. The largest absolute Gasteiger partial charge is 0.393 e. The van der Waals surface area contributed by atoms with Gasteiger partial charge in [0.2, 0.25) is 0 Å². The van der Waals surface area contributed by atoms with Crippen LogP contribution in [0.25, 0.3) is 0 Å². The molecule has 4 nitrogen and oxygen atoms in total. The van der Waals surface area contributed by atoms with Crippen molar-refractivity contribution >= 4 is 17.3 Å². The highest BCUT2D eigenvalue weighted by Gasteiger charge is 2.03. The molecule has 0 aromatic carbocycles. The number of rotatable bonds is 1. The molecule has 0 spiro atoms. The molecule has 62 valence electrons. The smallest absolute Gasteiger partial charge is 0.292 e. The lowest BCUT2D eigenvalue weighted by molar-refractivity contribution is 0.666. The monoisotopic (exact) mass is 183 g/mol. The zero-order chi connectivity index (χ0) is 9.14. The van der Waals surface area contributed by atoms with Crippen LogP contribution in [0.5, 0.6) is 0 Å². The molecular formula is C7H6ClN3O. The van der Waals surface area contributed by atoms with Crippen LogP contribution in [0.15, 0.2) is 11.0 Å². The third-order valence-corrected chi connectivity index (χ3v) is 1.57. The van der Waals surface area contributed by atoms with Crippen LogP contribution < -0.4 is 11.3 Å². The third-order valence-electron chi connectivity index (χ3n) is 1.27. The quantitative estimate of drug-likeness (QED) is 0.629. The van der Waals surface area contributed by atoms with Crippen LogP contribution >= 0.6 is 11.6 Å². The van der Waals surface area contributed by atoms with Crippen LogP contribution in [-0.2, 0) is 6.54 Å². The van der Waals surface area contributed by atoms with E-state index in [1.165, 1.54) is 6.20 Å². The Morgan fingerprint density at radius 3 is 3.08 bits per heavy atom. The Kier molecular flexibility index (Phi) is 2.36. The first kappa shape index (κ1) is 8.62. The lowest BCUT2D eigenvalue weighted by atomic mass is 10.5. The van der Waals surface area contributed by atoms with Crippen LogP contribution in [0, 0.1) is 12.3 Å². The summed E-state index contributed by atoms with van der Waals surface area (Å²) in [6.45, 7) is 0.0974. The van der Waals surface area contributed by atoms with Crippen LogP contribution in [0.4, 0.5) is 5.69 Å². The molecular weight excluding hydrogens is 178 g/mol. The van der Waals surface area contributed by atoms with Gasteiger partial charge in [0.1, 0.15) is 12.2 Å². The lowest BCUT2D eigenvalue weighted by Crippen LogP contribution is -2.24. The van der Waals surface area contributed by atoms with Crippen molar-refractivity contribution in [2.75, 3.05) is 5.73 Å². The molecule has 0 fully saturated rings. The minimum Gasteiger partial charge on any atom is -0.393 e. The molecule has 1 heterocycles. The molecule has 1 aromatic rings. The van der Waals surface area contributed by atoms with Gasteiger partial charge in [-0.2, -0.15) is 5.10 Å². The number of halogens is 1. The molecule has 1 aromatic heterocycles. The highest BCUT2D eigenvalue weighted by atomic mass is 35.5. The number of hydrogen-bond acceptors (Lipinski definition) is 3. The summed E-state index contributed by atoms with van der Waals surface area (Å²) in [7, 11) is 0. The number of hydrogen-bond donors (Lipinski definition) is 1. The van der Waals surface area contributed by atoms with Crippen LogP contribution in [-0.4, -0.2) is 9.78 Å². The second-order valence-electron chi connectivity index (χ2n) is 2.07. The van der Waals surface area contributed by atoms with Gasteiger partial charge >= 0.3 is 0 Å². The zero-order valence-corrected chi connectivity index (χ0v) is 6.88. The Morgan fingerprint density at radius 1 is 1.83 bits per heavy atom. The van der Waals surface area contributed by atoms with Gasteiger partial charge in [-0.3, -0.25) is 4.79 Å². The summed E-state index contributed by atoms with van der Waals surface area (Å²) in [5.74, 6) is 2.27. The highest BCUT2D eigenvalue weighted by Crippen LogP contribution is 2.09. The minimum atomic E-state index is -0.458. The topological polar surface area (TPSA) is 60.9 Å². The Morgan fingerprint density at radius 2 is 2.50 bits per heavy atom. The van der Waals surface area contributed by atoms with Crippen molar-refractivity contribution in [1.82, 2.24) is 9.78 Å². The molecule has 0 unspecified atom stereocenters. The molecule has 2 N–H and O–H groups in total. The van der Waals surface area contributed by atoms with Gasteiger partial charge in [0, 0.05) is 0 Å². The molecule has 1 rings (SSSR count). The predicted molar refractivity (Wildman–Crippen MR) is 46.8 cm³/mol. The van der Waals surface area contributed by atoms with E-state index in [0.717, 1.165) is 4.68 Å². The number of anilines is 1. The van der Waals surface area contributed by atoms with Gasteiger partial charge in [-0.25, -0.2) is 4.68 Å². The van der Waals surface area contributed by atoms with E-state index >= 15 is 0 Å². The van der Waals surface area contributed by atoms with Crippen LogP contribution in [0.2, 0.25) is 5.02 Å². The fraction of sp³-hybridized carbons (Fsp3) is 0.143. The van der Waals surface area contributed by atoms with E-state index in [1.807, 2.05) is 0 Å². The Labute approximate surface area is 73.9 Å². The third kappa shape index (κ3) is 1.41. The van der Waals surface area contributed by atoms with E-state index in [-0.39, 0.29) is 17.3 Å². The van der Waals surface area contributed by atoms with Crippen molar-refractivity contribution in [2.45, 2.75) is 6.54 Å². The standard InChI is InChI=1S/C7H6ClN3O/c1-2-3-11-7(12)6(9)5(8)4-10-11/h1,4H,3,9H2.